The van der Waals surface area contributed by atoms with Crippen molar-refractivity contribution in [2.24, 2.45) is 0 Å². The molecule has 1 heterocycles. The van der Waals surface area contributed by atoms with Gasteiger partial charge in [-0.1, -0.05) is 0 Å². The zero-order valence-electron chi connectivity index (χ0n) is 12.0. The van der Waals surface area contributed by atoms with E-state index in [2.05, 4.69) is 26.1 Å². The molecule has 102 valence electrons. The van der Waals surface area contributed by atoms with Crippen molar-refractivity contribution >= 4 is 5.97 Å². The van der Waals surface area contributed by atoms with E-state index in [0.717, 1.165) is 6.54 Å². The lowest BCUT2D eigenvalue weighted by Crippen LogP contribution is -2.34. The van der Waals surface area contributed by atoms with Crippen LogP contribution < -0.4 is 5.32 Å². The minimum atomic E-state index is -0.198. The molecule has 4 heteroatoms. The van der Waals surface area contributed by atoms with Crippen LogP contribution in [0.15, 0.2) is 18.5 Å². The molecule has 1 N–H and O–H groups in total. The molecule has 0 atom stereocenters. The zero-order chi connectivity index (χ0) is 13.8. The SMILES string of the molecule is CC(C)OC(=O)Cn1ccc(CNC(C)(C)C)c1. The van der Waals surface area contributed by atoms with Gasteiger partial charge in [0.05, 0.1) is 6.10 Å². The molecule has 18 heavy (non-hydrogen) atoms. The van der Waals surface area contributed by atoms with Crippen molar-refractivity contribution in [3.8, 4) is 0 Å². The summed E-state index contributed by atoms with van der Waals surface area (Å²) >= 11 is 0. The predicted octanol–water partition coefficient (Wildman–Crippen LogP) is 2.33. The Bertz CT molecular complexity index is 389. The lowest BCUT2D eigenvalue weighted by atomic mass is 10.1. The normalized spacial score (nSPS) is 11.9. The van der Waals surface area contributed by atoms with Crippen molar-refractivity contribution in [1.82, 2.24) is 9.88 Å². The van der Waals surface area contributed by atoms with Gasteiger partial charge in [-0.15, -0.1) is 0 Å². The molecular formula is C14H24N2O2. The van der Waals surface area contributed by atoms with Crippen molar-refractivity contribution in [3.05, 3.63) is 24.0 Å². The summed E-state index contributed by atoms with van der Waals surface area (Å²) < 4.78 is 6.95. The number of hydrogen-bond acceptors (Lipinski definition) is 3. The van der Waals surface area contributed by atoms with Crippen LogP contribution >= 0.6 is 0 Å². The molecule has 0 fully saturated rings. The molecule has 0 aliphatic carbocycles. The van der Waals surface area contributed by atoms with E-state index < -0.39 is 0 Å². The van der Waals surface area contributed by atoms with Gasteiger partial charge in [0.2, 0.25) is 0 Å². The van der Waals surface area contributed by atoms with E-state index in [9.17, 15) is 4.79 Å². The second kappa shape index (κ2) is 6.05. The smallest absolute Gasteiger partial charge is 0.326 e. The van der Waals surface area contributed by atoms with Gasteiger partial charge in [-0.2, -0.15) is 0 Å². The minimum absolute atomic E-state index is 0.0601. The van der Waals surface area contributed by atoms with E-state index in [0.29, 0.717) is 0 Å². The Morgan fingerprint density at radius 2 is 2.11 bits per heavy atom. The summed E-state index contributed by atoms with van der Waals surface area (Å²) in [6, 6.07) is 2.02. The van der Waals surface area contributed by atoms with Crippen molar-refractivity contribution in [1.29, 1.82) is 0 Å². The number of nitrogens with zero attached hydrogens (tertiary/aromatic N) is 1. The zero-order valence-corrected chi connectivity index (χ0v) is 12.0. The van der Waals surface area contributed by atoms with Crippen LogP contribution in [0, 0.1) is 0 Å². The number of aromatic nitrogens is 1. The van der Waals surface area contributed by atoms with E-state index >= 15 is 0 Å². The molecule has 0 bridgehead atoms. The largest absolute Gasteiger partial charge is 0.462 e. The third kappa shape index (κ3) is 5.87. The Kier molecular flexibility index (Phi) is 4.96. The van der Waals surface area contributed by atoms with Crippen LogP contribution in [0.1, 0.15) is 40.2 Å². The molecule has 4 nitrogen and oxygen atoms in total. The number of rotatable bonds is 5. The van der Waals surface area contributed by atoms with Gasteiger partial charge in [-0.25, -0.2) is 0 Å². The van der Waals surface area contributed by atoms with Crippen LogP contribution in [0.2, 0.25) is 0 Å². The molecule has 0 radical (unpaired) electrons. The van der Waals surface area contributed by atoms with Crippen molar-refractivity contribution in [2.45, 2.75) is 59.4 Å². The van der Waals surface area contributed by atoms with E-state index in [1.54, 1.807) is 0 Å². The first-order valence-electron chi connectivity index (χ1n) is 6.35. The maximum Gasteiger partial charge on any atom is 0.326 e. The molecule has 1 rings (SSSR count). The quantitative estimate of drug-likeness (QED) is 0.818. The third-order valence-corrected chi connectivity index (χ3v) is 2.31. The lowest BCUT2D eigenvalue weighted by Gasteiger charge is -2.19. The number of carbonyl (C=O) groups is 1. The van der Waals surface area contributed by atoms with E-state index in [-0.39, 0.29) is 24.2 Å². The summed E-state index contributed by atoms with van der Waals surface area (Å²) in [7, 11) is 0. The Balaban J connectivity index is 2.46. The highest BCUT2D eigenvalue weighted by Crippen LogP contribution is 2.06. The molecular weight excluding hydrogens is 228 g/mol. The molecule has 1 aromatic rings. The molecule has 0 aliphatic rings. The first-order valence-corrected chi connectivity index (χ1v) is 6.35. The van der Waals surface area contributed by atoms with Gasteiger partial charge in [0.1, 0.15) is 6.54 Å². The maximum absolute atomic E-state index is 11.5. The molecule has 0 aliphatic heterocycles. The molecule has 0 saturated carbocycles. The van der Waals surface area contributed by atoms with Gasteiger partial charge in [-0.05, 0) is 46.2 Å². The van der Waals surface area contributed by atoms with Crippen molar-refractivity contribution < 1.29 is 9.53 Å². The standard InChI is InChI=1S/C14H24N2O2/c1-11(2)18-13(17)10-16-7-6-12(9-16)8-15-14(3,4)5/h6-7,9,11,15H,8,10H2,1-5H3. The fraction of sp³-hybridized carbons (Fsp3) is 0.643. The Morgan fingerprint density at radius 3 is 2.67 bits per heavy atom. The highest BCUT2D eigenvalue weighted by atomic mass is 16.5. The summed E-state index contributed by atoms with van der Waals surface area (Å²) in [5.41, 5.74) is 1.26. The molecule has 0 aromatic carbocycles. The first kappa shape index (κ1) is 14.8. The Morgan fingerprint density at radius 1 is 1.44 bits per heavy atom. The number of carbonyl (C=O) groups excluding carboxylic acids is 1. The summed E-state index contributed by atoms with van der Waals surface area (Å²) in [6.45, 7) is 11.2. The van der Waals surface area contributed by atoms with Gasteiger partial charge in [0, 0.05) is 24.5 Å². The monoisotopic (exact) mass is 252 g/mol. The second-order valence-electron chi connectivity index (χ2n) is 5.83. The highest BCUT2D eigenvalue weighted by molar-refractivity contribution is 5.69. The summed E-state index contributed by atoms with van der Waals surface area (Å²) in [5.74, 6) is -0.198. The Labute approximate surface area is 109 Å². The van der Waals surface area contributed by atoms with Crippen LogP contribution in [0.5, 0.6) is 0 Å². The van der Waals surface area contributed by atoms with E-state index in [1.807, 2.05) is 36.9 Å². The van der Waals surface area contributed by atoms with Gasteiger partial charge in [-0.3, -0.25) is 4.79 Å². The molecule has 0 spiro atoms. The van der Waals surface area contributed by atoms with Gasteiger partial charge in [0.25, 0.3) is 0 Å². The van der Waals surface area contributed by atoms with Crippen LogP contribution in [-0.4, -0.2) is 22.2 Å². The van der Waals surface area contributed by atoms with Gasteiger partial charge in [0.15, 0.2) is 0 Å². The topological polar surface area (TPSA) is 43.3 Å². The molecule has 0 amide bonds. The average Bonchev–Trinajstić information content (AvgIpc) is 2.60. The van der Waals surface area contributed by atoms with Crippen molar-refractivity contribution in [3.63, 3.8) is 0 Å². The predicted molar refractivity (Wildman–Crippen MR) is 72.3 cm³/mol. The third-order valence-electron chi connectivity index (χ3n) is 2.31. The summed E-state index contributed by atoms with van der Waals surface area (Å²) in [6.07, 6.45) is 3.82. The van der Waals surface area contributed by atoms with Crippen LogP contribution in [0.25, 0.3) is 0 Å². The number of esters is 1. The van der Waals surface area contributed by atoms with Crippen LogP contribution in [-0.2, 0) is 22.6 Å². The summed E-state index contributed by atoms with van der Waals surface area (Å²) in [4.78, 5) is 11.5. The van der Waals surface area contributed by atoms with Gasteiger partial charge < -0.3 is 14.6 Å². The molecule has 0 saturated heterocycles. The van der Waals surface area contributed by atoms with E-state index in [1.165, 1.54) is 5.56 Å². The van der Waals surface area contributed by atoms with Crippen LogP contribution in [0.4, 0.5) is 0 Å². The Hall–Kier alpha value is -1.29. The van der Waals surface area contributed by atoms with Gasteiger partial charge >= 0.3 is 5.97 Å². The number of hydrogen-bond donors (Lipinski definition) is 1. The number of nitrogens with one attached hydrogen (secondary N) is 1. The highest BCUT2D eigenvalue weighted by Gasteiger charge is 2.10. The van der Waals surface area contributed by atoms with Crippen LogP contribution in [0.3, 0.4) is 0 Å². The number of ether oxygens (including phenoxy) is 1. The lowest BCUT2D eigenvalue weighted by molar-refractivity contribution is -0.148. The fourth-order valence-electron chi connectivity index (χ4n) is 1.51. The molecule has 1 aromatic heterocycles. The minimum Gasteiger partial charge on any atom is -0.462 e. The van der Waals surface area contributed by atoms with E-state index in [4.69, 9.17) is 4.74 Å². The first-order chi connectivity index (χ1) is 8.26. The summed E-state index contributed by atoms with van der Waals surface area (Å²) in [5, 5.41) is 3.41. The fourth-order valence-corrected chi connectivity index (χ4v) is 1.51. The second-order valence-corrected chi connectivity index (χ2v) is 5.83. The van der Waals surface area contributed by atoms with Crippen molar-refractivity contribution in [2.75, 3.05) is 0 Å². The molecule has 0 unspecified atom stereocenters. The maximum atomic E-state index is 11.5. The average molecular weight is 252 g/mol.